The lowest BCUT2D eigenvalue weighted by Crippen LogP contribution is -2.19. The molecule has 0 amide bonds. The van der Waals surface area contributed by atoms with Crippen molar-refractivity contribution in [1.29, 1.82) is 5.26 Å². The van der Waals surface area contributed by atoms with E-state index in [-0.39, 0.29) is 19.0 Å². The quantitative estimate of drug-likeness (QED) is 0.335. The predicted octanol–water partition coefficient (Wildman–Crippen LogP) is 5.07. The summed E-state index contributed by atoms with van der Waals surface area (Å²) in [4.78, 5) is 8.39. The molecule has 0 saturated carbocycles. The summed E-state index contributed by atoms with van der Waals surface area (Å²) in [7, 11) is -3.19. The minimum atomic E-state index is -3.19. The van der Waals surface area contributed by atoms with Crippen LogP contribution in [0.4, 0.5) is 0 Å². The summed E-state index contributed by atoms with van der Waals surface area (Å²) in [6.07, 6.45) is 2.68. The number of ether oxygens (including phenoxy) is 2. The van der Waals surface area contributed by atoms with E-state index >= 15 is 0 Å². The van der Waals surface area contributed by atoms with Gasteiger partial charge in [-0.1, -0.05) is 37.6 Å². The fourth-order valence-corrected chi connectivity index (χ4v) is 4.52. The van der Waals surface area contributed by atoms with E-state index in [0.717, 1.165) is 17.4 Å². The summed E-state index contributed by atoms with van der Waals surface area (Å²) in [5, 5.41) is 9.94. The van der Waals surface area contributed by atoms with E-state index in [1.807, 2.05) is 38.1 Å². The van der Waals surface area contributed by atoms with E-state index in [2.05, 4.69) is 16.0 Å². The summed E-state index contributed by atoms with van der Waals surface area (Å²) < 4.78 is 34.3. The lowest BCUT2D eigenvalue weighted by molar-refractivity contribution is 0.295. The molecule has 1 heterocycles. The Kier molecular flexibility index (Phi) is 8.60. The SMILES string of the molecule is CC(C)(c1ccc(OCc2nccc(CS(C)(=O)=O)n2)cc1)c1cc(Cl)c(OCCCl)c(C#N)c1. The Bertz CT molecular complexity index is 1340. The average molecular weight is 534 g/mol. The highest BCUT2D eigenvalue weighted by Gasteiger charge is 2.26. The fraction of sp³-hybridized carbons (Fsp3) is 0.320. The second kappa shape index (κ2) is 11.3. The van der Waals surface area contributed by atoms with Gasteiger partial charge in [-0.15, -0.1) is 11.6 Å². The number of hydrogen-bond donors (Lipinski definition) is 0. The van der Waals surface area contributed by atoms with Crippen molar-refractivity contribution < 1.29 is 17.9 Å². The molecule has 0 N–H and O–H groups in total. The molecule has 0 atom stereocenters. The van der Waals surface area contributed by atoms with Gasteiger partial charge in [-0.25, -0.2) is 18.4 Å². The lowest BCUT2D eigenvalue weighted by atomic mass is 9.77. The van der Waals surface area contributed by atoms with Gasteiger partial charge in [0.1, 0.15) is 25.0 Å². The van der Waals surface area contributed by atoms with Gasteiger partial charge in [0.05, 0.1) is 27.9 Å². The van der Waals surface area contributed by atoms with Crippen LogP contribution in [0.1, 0.15) is 42.1 Å². The molecule has 3 rings (SSSR count). The molecule has 7 nitrogen and oxygen atoms in total. The van der Waals surface area contributed by atoms with E-state index in [0.29, 0.717) is 39.5 Å². The summed E-state index contributed by atoms with van der Waals surface area (Å²) >= 11 is 12.1. The monoisotopic (exact) mass is 533 g/mol. The number of alkyl halides is 1. The Labute approximate surface area is 215 Å². The van der Waals surface area contributed by atoms with Crippen molar-refractivity contribution in [3.63, 3.8) is 0 Å². The van der Waals surface area contributed by atoms with E-state index in [1.165, 1.54) is 6.20 Å². The van der Waals surface area contributed by atoms with Crippen molar-refractivity contribution in [1.82, 2.24) is 9.97 Å². The summed E-state index contributed by atoms with van der Waals surface area (Å²) in [6.45, 7) is 4.44. The van der Waals surface area contributed by atoms with Gasteiger partial charge < -0.3 is 9.47 Å². The van der Waals surface area contributed by atoms with Crippen LogP contribution in [0.15, 0.2) is 48.7 Å². The third-order valence-corrected chi connectivity index (χ3v) is 6.58. The Morgan fingerprint density at radius 3 is 2.43 bits per heavy atom. The van der Waals surface area contributed by atoms with E-state index in [4.69, 9.17) is 32.7 Å². The first kappa shape index (κ1) is 26.7. The molecule has 1 aromatic heterocycles. The number of rotatable bonds is 10. The van der Waals surface area contributed by atoms with Crippen LogP contribution in [0.5, 0.6) is 11.5 Å². The van der Waals surface area contributed by atoms with Crippen molar-refractivity contribution >= 4 is 33.0 Å². The van der Waals surface area contributed by atoms with Crippen molar-refractivity contribution in [3.8, 4) is 17.6 Å². The van der Waals surface area contributed by atoms with Crippen LogP contribution in [0.3, 0.4) is 0 Å². The molecule has 3 aromatic rings. The standard InChI is InChI=1S/C25H25Cl2N3O4S/c1-25(2,19-12-17(14-28)24(22(27)13-19)33-11-9-26)18-4-6-21(7-5-18)34-15-23-29-10-8-20(30-23)16-35(3,31)32/h4-8,10,12-13H,9,11,15-16H2,1-3H3. The first-order valence-corrected chi connectivity index (χ1v) is 13.7. The van der Waals surface area contributed by atoms with E-state index in [1.54, 1.807) is 18.2 Å². The number of sulfone groups is 1. The number of aromatic nitrogens is 2. The highest BCUT2D eigenvalue weighted by Crippen LogP contribution is 2.38. The molecule has 0 fully saturated rings. The summed E-state index contributed by atoms with van der Waals surface area (Å²) in [5.41, 5.74) is 2.17. The average Bonchev–Trinajstić information content (AvgIpc) is 2.81. The van der Waals surface area contributed by atoms with Crippen molar-refractivity contribution in [3.05, 3.63) is 81.9 Å². The number of nitrogens with zero attached hydrogens (tertiary/aromatic N) is 3. The highest BCUT2D eigenvalue weighted by atomic mass is 35.5. The predicted molar refractivity (Wildman–Crippen MR) is 136 cm³/mol. The third-order valence-electron chi connectivity index (χ3n) is 5.33. The van der Waals surface area contributed by atoms with Crippen LogP contribution in [0, 0.1) is 11.3 Å². The Morgan fingerprint density at radius 1 is 1.09 bits per heavy atom. The minimum Gasteiger partial charge on any atom is -0.489 e. The molecule has 0 saturated heterocycles. The molecule has 0 aliphatic rings. The van der Waals surface area contributed by atoms with E-state index < -0.39 is 15.3 Å². The molecule has 0 bridgehead atoms. The zero-order chi connectivity index (χ0) is 25.6. The molecular weight excluding hydrogens is 509 g/mol. The van der Waals surface area contributed by atoms with Crippen molar-refractivity contribution in [2.75, 3.05) is 18.7 Å². The summed E-state index contributed by atoms with van der Waals surface area (Å²) in [6, 6.07) is 14.9. The van der Waals surface area contributed by atoms with Crippen LogP contribution < -0.4 is 9.47 Å². The molecular formula is C25H25Cl2N3O4S. The van der Waals surface area contributed by atoms with Crippen LogP contribution in [-0.2, 0) is 27.6 Å². The molecule has 2 aromatic carbocycles. The molecule has 10 heteroatoms. The van der Waals surface area contributed by atoms with Gasteiger partial charge >= 0.3 is 0 Å². The van der Waals surface area contributed by atoms with E-state index in [9.17, 15) is 13.7 Å². The third kappa shape index (κ3) is 7.07. The second-order valence-electron chi connectivity index (χ2n) is 8.46. The van der Waals surface area contributed by atoms with Crippen LogP contribution in [-0.4, -0.2) is 37.1 Å². The lowest BCUT2D eigenvalue weighted by Gasteiger charge is -2.27. The molecule has 0 aliphatic carbocycles. The topological polar surface area (TPSA) is 102 Å². The van der Waals surface area contributed by atoms with Gasteiger partial charge in [-0.2, -0.15) is 5.26 Å². The number of halogens is 2. The van der Waals surface area contributed by atoms with Crippen LogP contribution in [0.25, 0.3) is 0 Å². The molecule has 0 aliphatic heterocycles. The Morgan fingerprint density at radius 2 is 1.80 bits per heavy atom. The number of benzene rings is 2. The molecule has 0 radical (unpaired) electrons. The van der Waals surface area contributed by atoms with Crippen LogP contribution in [0.2, 0.25) is 5.02 Å². The van der Waals surface area contributed by atoms with Gasteiger partial charge in [-0.05, 0) is 41.5 Å². The van der Waals surface area contributed by atoms with Crippen molar-refractivity contribution in [2.24, 2.45) is 0 Å². The first-order chi connectivity index (χ1) is 16.5. The zero-order valence-corrected chi connectivity index (χ0v) is 21.9. The maximum Gasteiger partial charge on any atom is 0.166 e. The zero-order valence-electron chi connectivity index (χ0n) is 19.6. The Balaban J connectivity index is 1.75. The van der Waals surface area contributed by atoms with Gasteiger partial charge in [0.2, 0.25) is 0 Å². The normalized spacial score (nSPS) is 11.7. The van der Waals surface area contributed by atoms with Gasteiger partial charge in [-0.3, -0.25) is 0 Å². The van der Waals surface area contributed by atoms with Crippen LogP contribution >= 0.6 is 23.2 Å². The minimum absolute atomic E-state index is 0.102. The maximum absolute atomic E-state index is 11.5. The molecule has 184 valence electrons. The molecule has 35 heavy (non-hydrogen) atoms. The van der Waals surface area contributed by atoms with Gasteiger partial charge in [0, 0.05) is 17.9 Å². The fourth-order valence-electron chi connectivity index (χ4n) is 3.47. The number of nitriles is 1. The molecule has 0 unspecified atom stereocenters. The van der Waals surface area contributed by atoms with Gasteiger partial charge in [0.15, 0.2) is 21.4 Å². The smallest absolute Gasteiger partial charge is 0.166 e. The molecule has 0 spiro atoms. The largest absolute Gasteiger partial charge is 0.489 e. The second-order valence-corrected chi connectivity index (χ2v) is 11.4. The van der Waals surface area contributed by atoms with Gasteiger partial charge in [0.25, 0.3) is 0 Å². The Hall–Kier alpha value is -2.86. The summed E-state index contributed by atoms with van der Waals surface area (Å²) in [5.74, 6) is 1.49. The van der Waals surface area contributed by atoms with Crippen molar-refractivity contribution in [2.45, 2.75) is 31.6 Å². The first-order valence-electron chi connectivity index (χ1n) is 10.7. The number of hydrogen-bond acceptors (Lipinski definition) is 7. The maximum atomic E-state index is 11.5. The highest BCUT2D eigenvalue weighted by molar-refractivity contribution is 7.89.